The number of para-hydroxylation sites is 1. The fraction of sp³-hybridized carbons (Fsp3) is 0.538. The second-order valence-corrected chi connectivity index (χ2v) is 5.23. The predicted octanol–water partition coefficient (Wildman–Crippen LogP) is 2.33. The van der Waals surface area contributed by atoms with E-state index in [4.69, 9.17) is 4.74 Å². The molecule has 0 fully saturated rings. The summed E-state index contributed by atoms with van der Waals surface area (Å²) in [6, 6.07) is 8.88. The topological polar surface area (TPSA) is 21.3 Å². The summed E-state index contributed by atoms with van der Waals surface area (Å²) >= 11 is 1.88. The Bertz CT molecular complexity index is 317. The van der Waals surface area contributed by atoms with E-state index in [0.717, 1.165) is 24.5 Å². The van der Waals surface area contributed by atoms with Gasteiger partial charge >= 0.3 is 0 Å². The van der Waals surface area contributed by atoms with Crippen LogP contribution in [0.15, 0.2) is 24.3 Å². The number of fused-ring (bicyclic) bond motifs is 1. The molecular weight excluding hydrogens is 218 g/mol. The minimum Gasteiger partial charge on any atom is -0.488 e. The molecule has 1 aromatic carbocycles. The average molecular weight is 237 g/mol. The number of hydrogen-bond acceptors (Lipinski definition) is 3. The Morgan fingerprint density at radius 2 is 2.31 bits per heavy atom. The Morgan fingerprint density at radius 1 is 1.50 bits per heavy atom. The van der Waals surface area contributed by atoms with Crippen molar-refractivity contribution < 1.29 is 4.74 Å². The minimum atomic E-state index is 0.307. The molecule has 1 N–H and O–H groups in total. The summed E-state index contributed by atoms with van der Waals surface area (Å²) in [5.74, 6) is 2.21. The third-order valence-corrected chi connectivity index (χ3v) is 3.66. The van der Waals surface area contributed by atoms with Crippen LogP contribution in [0.5, 0.6) is 5.75 Å². The second-order valence-electron chi connectivity index (χ2n) is 4.32. The molecule has 0 bridgehead atoms. The lowest BCUT2D eigenvalue weighted by Crippen LogP contribution is -2.37. The molecule has 0 saturated carbocycles. The van der Waals surface area contributed by atoms with Crippen molar-refractivity contribution in [1.82, 2.24) is 5.32 Å². The molecule has 1 aromatic rings. The van der Waals surface area contributed by atoms with Crippen LogP contribution in [0.2, 0.25) is 0 Å². The molecule has 1 heterocycles. The number of ether oxygens (including phenoxy) is 1. The number of hydrogen-bond donors (Lipinski definition) is 1. The smallest absolute Gasteiger partial charge is 0.123 e. The van der Waals surface area contributed by atoms with E-state index in [1.165, 1.54) is 5.56 Å². The van der Waals surface area contributed by atoms with E-state index in [1.54, 1.807) is 0 Å². The van der Waals surface area contributed by atoms with Crippen LogP contribution in [-0.4, -0.2) is 30.7 Å². The Hall–Kier alpha value is -0.670. The molecule has 0 radical (unpaired) electrons. The van der Waals surface area contributed by atoms with Crippen molar-refractivity contribution in [3.63, 3.8) is 0 Å². The van der Waals surface area contributed by atoms with E-state index in [-0.39, 0.29) is 0 Å². The van der Waals surface area contributed by atoms with Gasteiger partial charge in [0, 0.05) is 24.8 Å². The molecule has 0 aromatic heterocycles. The molecule has 88 valence electrons. The van der Waals surface area contributed by atoms with Crippen molar-refractivity contribution in [2.24, 2.45) is 0 Å². The van der Waals surface area contributed by atoms with Gasteiger partial charge in [0.05, 0.1) is 0 Å². The van der Waals surface area contributed by atoms with E-state index in [9.17, 15) is 0 Å². The van der Waals surface area contributed by atoms with E-state index >= 15 is 0 Å². The zero-order valence-corrected chi connectivity index (χ0v) is 10.7. The molecule has 0 spiro atoms. The fourth-order valence-electron chi connectivity index (χ4n) is 2.01. The molecule has 3 heteroatoms. The maximum absolute atomic E-state index is 5.87. The van der Waals surface area contributed by atoms with Gasteiger partial charge in [0.15, 0.2) is 0 Å². The van der Waals surface area contributed by atoms with Gasteiger partial charge in [0.2, 0.25) is 0 Å². The minimum absolute atomic E-state index is 0.307. The maximum atomic E-state index is 5.87. The quantitative estimate of drug-likeness (QED) is 0.849. The van der Waals surface area contributed by atoms with Gasteiger partial charge in [-0.2, -0.15) is 11.8 Å². The largest absolute Gasteiger partial charge is 0.488 e. The highest BCUT2D eigenvalue weighted by Crippen LogP contribution is 2.27. The van der Waals surface area contributed by atoms with Crippen LogP contribution >= 0.6 is 11.8 Å². The summed E-state index contributed by atoms with van der Waals surface area (Å²) in [7, 11) is 0. The fourth-order valence-corrected chi connectivity index (χ4v) is 2.63. The third-order valence-electron chi connectivity index (χ3n) is 2.82. The monoisotopic (exact) mass is 237 g/mol. The average Bonchev–Trinajstić information content (AvgIpc) is 2.69. The van der Waals surface area contributed by atoms with E-state index in [2.05, 4.69) is 36.7 Å². The number of benzene rings is 1. The van der Waals surface area contributed by atoms with Crippen LogP contribution in [0.4, 0.5) is 0 Å². The highest BCUT2D eigenvalue weighted by molar-refractivity contribution is 7.98. The van der Waals surface area contributed by atoms with Crippen molar-refractivity contribution in [2.75, 3.05) is 18.6 Å². The summed E-state index contributed by atoms with van der Waals surface area (Å²) in [4.78, 5) is 0. The highest BCUT2D eigenvalue weighted by Gasteiger charge is 2.22. The Kier molecular flexibility index (Phi) is 4.13. The molecule has 1 aliphatic heterocycles. The van der Waals surface area contributed by atoms with Gasteiger partial charge in [0.1, 0.15) is 11.9 Å². The van der Waals surface area contributed by atoms with Gasteiger partial charge in [-0.1, -0.05) is 18.2 Å². The maximum Gasteiger partial charge on any atom is 0.123 e. The molecular formula is C13H19NOS. The summed E-state index contributed by atoms with van der Waals surface area (Å²) in [6.07, 6.45) is 3.48. The highest BCUT2D eigenvalue weighted by atomic mass is 32.2. The van der Waals surface area contributed by atoms with Crippen LogP contribution in [0, 0.1) is 0 Å². The summed E-state index contributed by atoms with van der Waals surface area (Å²) < 4.78 is 5.87. The summed E-state index contributed by atoms with van der Waals surface area (Å²) in [6.45, 7) is 3.16. The summed E-state index contributed by atoms with van der Waals surface area (Å²) in [5.41, 5.74) is 1.34. The molecule has 2 rings (SSSR count). The van der Waals surface area contributed by atoms with Crippen molar-refractivity contribution in [2.45, 2.75) is 25.5 Å². The van der Waals surface area contributed by atoms with Crippen LogP contribution in [-0.2, 0) is 6.42 Å². The van der Waals surface area contributed by atoms with Gasteiger partial charge in [0.25, 0.3) is 0 Å². The van der Waals surface area contributed by atoms with Gasteiger partial charge in [-0.15, -0.1) is 0 Å². The van der Waals surface area contributed by atoms with Gasteiger partial charge in [-0.3, -0.25) is 0 Å². The first-order valence-corrected chi connectivity index (χ1v) is 7.16. The molecule has 2 atom stereocenters. The lowest BCUT2D eigenvalue weighted by molar-refractivity contribution is 0.224. The number of rotatable bonds is 5. The first-order valence-electron chi connectivity index (χ1n) is 5.76. The van der Waals surface area contributed by atoms with E-state index < -0.39 is 0 Å². The van der Waals surface area contributed by atoms with Crippen LogP contribution < -0.4 is 10.1 Å². The van der Waals surface area contributed by atoms with Crippen molar-refractivity contribution in [3.05, 3.63) is 29.8 Å². The molecule has 2 nitrogen and oxygen atoms in total. The molecule has 0 saturated heterocycles. The van der Waals surface area contributed by atoms with Gasteiger partial charge in [-0.25, -0.2) is 0 Å². The van der Waals surface area contributed by atoms with Crippen molar-refractivity contribution in [3.8, 4) is 5.75 Å². The van der Waals surface area contributed by atoms with Crippen molar-refractivity contribution >= 4 is 11.8 Å². The molecule has 2 unspecified atom stereocenters. The molecule has 0 amide bonds. The van der Waals surface area contributed by atoms with E-state index in [0.29, 0.717) is 12.1 Å². The van der Waals surface area contributed by atoms with Gasteiger partial charge < -0.3 is 10.1 Å². The summed E-state index contributed by atoms with van der Waals surface area (Å²) in [5, 5.41) is 3.51. The first-order chi connectivity index (χ1) is 7.79. The zero-order chi connectivity index (χ0) is 11.4. The standard InChI is InChI=1S/C13H19NOS/c1-10(9-16-2)14-8-12-7-11-5-3-4-6-13(11)15-12/h3-6,10,12,14H,7-9H2,1-2H3. The second kappa shape index (κ2) is 5.60. The lowest BCUT2D eigenvalue weighted by atomic mass is 10.1. The predicted molar refractivity (Wildman–Crippen MR) is 70.4 cm³/mol. The SMILES string of the molecule is CSCC(C)NCC1Cc2ccccc2O1. The molecule has 16 heavy (non-hydrogen) atoms. The van der Waals surface area contributed by atoms with Crippen LogP contribution in [0.3, 0.4) is 0 Å². The Labute approximate surface area is 102 Å². The Balaban J connectivity index is 1.79. The van der Waals surface area contributed by atoms with Crippen LogP contribution in [0.1, 0.15) is 12.5 Å². The lowest BCUT2D eigenvalue weighted by Gasteiger charge is -2.16. The first kappa shape index (κ1) is 11.8. The number of thioether (sulfide) groups is 1. The third kappa shape index (κ3) is 2.92. The molecule has 1 aliphatic rings. The van der Waals surface area contributed by atoms with Crippen LogP contribution in [0.25, 0.3) is 0 Å². The van der Waals surface area contributed by atoms with Crippen molar-refractivity contribution in [1.29, 1.82) is 0 Å². The zero-order valence-electron chi connectivity index (χ0n) is 9.90. The van der Waals surface area contributed by atoms with E-state index in [1.807, 2.05) is 17.8 Å². The normalized spacial score (nSPS) is 20.2. The Morgan fingerprint density at radius 3 is 3.06 bits per heavy atom. The number of nitrogens with one attached hydrogen (secondary N) is 1. The van der Waals surface area contributed by atoms with Gasteiger partial charge in [-0.05, 0) is 24.8 Å². The molecule has 0 aliphatic carbocycles.